The minimum atomic E-state index is -0.118. The fourth-order valence-electron chi connectivity index (χ4n) is 1.38. The van der Waals surface area contributed by atoms with Crippen LogP contribution in [-0.4, -0.2) is 11.5 Å². The molecule has 1 nitrogen and oxygen atoms in total. The van der Waals surface area contributed by atoms with Gasteiger partial charge in [-0.05, 0) is 44.6 Å². The molecule has 0 heterocycles. The van der Waals surface area contributed by atoms with Gasteiger partial charge in [-0.1, -0.05) is 26.2 Å². The monoisotopic (exact) mass is 227 g/mol. The fraction of sp³-hybridized carbons (Fsp3) is 0.923. The van der Waals surface area contributed by atoms with Gasteiger partial charge in [-0.2, -0.15) is 17.0 Å². The molecule has 0 aliphatic rings. The zero-order valence-corrected chi connectivity index (χ0v) is 11.3. The SMILES string of the molecule is CCCCCSCCCCC(C)(C)C#N. The van der Waals surface area contributed by atoms with Gasteiger partial charge in [-0.3, -0.25) is 0 Å². The average Bonchev–Trinajstić information content (AvgIpc) is 2.22. The summed E-state index contributed by atoms with van der Waals surface area (Å²) < 4.78 is 0. The highest BCUT2D eigenvalue weighted by molar-refractivity contribution is 7.99. The molecular formula is C13H25NS. The molecule has 0 rings (SSSR count). The summed E-state index contributed by atoms with van der Waals surface area (Å²) in [7, 11) is 0. The van der Waals surface area contributed by atoms with Crippen LogP contribution < -0.4 is 0 Å². The molecule has 2 heteroatoms. The van der Waals surface area contributed by atoms with Crippen LogP contribution in [0.5, 0.6) is 0 Å². The first-order chi connectivity index (χ1) is 7.12. The van der Waals surface area contributed by atoms with E-state index >= 15 is 0 Å². The molecule has 0 bridgehead atoms. The quantitative estimate of drug-likeness (QED) is 0.536. The van der Waals surface area contributed by atoms with Gasteiger partial charge in [-0.25, -0.2) is 0 Å². The molecule has 0 spiro atoms. The van der Waals surface area contributed by atoms with E-state index in [0.717, 1.165) is 6.42 Å². The second-order valence-corrected chi connectivity index (χ2v) is 6.00. The van der Waals surface area contributed by atoms with E-state index < -0.39 is 0 Å². The third-order valence-corrected chi connectivity index (χ3v) is 3.69. The molecule has 0 amide bonds. The molecule has 88 valence electrons. The van der Waals surface area contributed by atoms with Crippen LogP contribution >= 0.6 is 11.8 Å². The Bertz CT molecular complexity index is 181. The van der Waals surface area contributed by atoms with Crippen molar-refractivity contribution in [3.05, 3.63) is 0 Å². The fourth-order valence-corrected chi connectivity index (χ4v) is 2.40. The number of hydrogen-bond donors (Lipinski definition) is 0. The van der Waals surface area contributed by atoms with E-state index in [1.54, 1.807) is 0 Å². The van der Waals surface area contributed by atoms with Gasteiger partial charge in [0, 0.05) is 0 Å². The highest BCUT2D eigenvalue weighted by Gasteiger charge is 2.15. The lowest BCUT2D eigenvalue weighted by Crippen LogP contribution is -2.07. The van der Waals surface area contributed by atoms with Crippen LogP contribution in [0.3, 0.4) is 0 Å². The van der Waals surface area contributed by atoms with Gasteiger partial charge >= 0.3 is 0 Å². The summed E-state index contributed by atoms with van der Waals surface area (Å²) in [5.74, 6) is 2.58. The number of unbranched alkanes of at least 4 members (excludes halogenated alkanes) is 3. The van der Waals surface area contributed by atoms with Crippen molar-refractivity contribution in [2.45, 2.75) is 59.3 Å². The van der Waals surface area contributed by atoms with Crippen LogP contribution in [0.25, 0.3) is 0 Å². The second-order valence-electron chi connectivity index (χ2n) is 4.77. The van der Waals surface area contributed by atoms with E-state index in [9.17, 15) is 0 Å². The molecule has 0 aromatic heterocycles. The molecule has 0 unspecified atom stereocenters. The van der Waals surface area contributed by atoms with Crippen molar-refractivity contribution in [2.75, 3.05) is 11.5 Å². The van der Waals surface area contributed by atoms with E-state index in [2.05, 4.69) is 24.8 Å². The van der Waals surface area contributed by atoms with Crippen molar-refractivity contribution in [1.82, 2.24) is 0 Å². The van der Waals surface area contributed by atoms with Gasteiger partial charge in [0.25, 0.3) is 0 Å². The Kier molecular flexibility index (Phi) is 9.00. The van der Waals surface area contributed by atoms with Crippen molar-refractivity contribution in [3.8, 4) is 6.07 Å². The van der Waals surface area contributed by atoms with Crippen LogP contribution in [0.1, 0.15) is 59.3 Å². The molecule has 0 saturated heterocycles. The second kappa shape index (κ2) is 9.09. The summed E-state index contributed by atoms with van der Waals surface area (Å²) >= 11 is 2.07. The summed E-state index contributed by atoms with van der Waals surface area (Å²) in [5.41, 5.74) is -0.118. The Hall–Kier alpha value is -0.160. The molecule has 0 N–H and O–H groups in total. The molecule has 15 heavy (non-hydrogen) atoms. The van der Waals surface area contributed by atoms with Crippen molar-refractivity contribution in [1.29, 1.82) is 5.26 Å². The van der Waals surface area contributed by atoms with Crippen LogP contribution in [-0.2, 0) is 0 Å². The van der Waals surface area contributed by atoms with Crippen LogP contribution in [0.15, 0.2) is 0 Å². The smallest absolute Gasteiger partial charge is 0.0683 e. The summed E-state index contributed by atoms with van der Waals surface area (Å²) in [6, 6.07) is 2.35. The van der Waals surface area contributed by atoms with Crippen molar-refractivity contribution in [2.24, 2.45) is 5.41 Å². The maximum Gasteiger partial charge on any atom is 0.0683 e. The lowest BCUT2D eigenvalue weighted by atomic mass is 9.89. The van der Waals surface area contributed by atoms with E-state index in [4.69, 9.17) is 5.26 Å². The minimum Gasteiger partial charge on any atom is -0.198 e. The first kappa shape index (κ1) is 14.8. The first-order valence-corrected chi connectivity index (χ1v) is 7.27. The molecule has 0 atom stereocenters. The molecule has 0 radical (unpaired) electrons. The lowest BCUT2D eigenvalue weighted by molar-refractivity contribution is 0.433. The van der Waals surface area contributed by atoms with Gasteiger partial charge in [-0.15, -0.1) is 0 Å². The third-order valence-electron chi connectivity index (χ3n) is 2.54. The van der Waals surface area contributed by atoms with Gasteiger partial charge in [0.1, 0.15) is 0 Å². The number of nitriles is 1. The van der Waals surface area contributed by atoms with E-state index in [-0.39, 0.29) is 5.41 Å². The van der Waals surface area contributed by atoms with Crippen LogP contribution in [0, 0.1) is 16.7 Å². The number of nitrogens with zero attached hydrogens (tertiary/aromatic N) is 1. The van der Waals surface area contributed by atoms with Gasteiger partial charge < -0.3 is 0 Å². The Morgan fingerprint density at radius 3 is 2.20 bits per heavy atom. The normalized spacial score (nSPS) is 11.3. The lowest BCUT2D eigenvalue weighted by Gasteiger charge is -2.13. The summed E-state index contributed by atoms with van der Waals surface area (Å²) in [6.45, 7) is 6.30. The number of thioether (sulfide) groups is 1. The topological polar surface area (TPSA) is 23.8 Å². The van der Waals surface area contributed by atoms with E-state index in [0.29, 0.717) is 0 Å². The molecular weight excluding hydrogens is 202 g/mol. The number of hydrogen-bond acceptors (Lipinski definition) is 2. The predicted molar refractivity (Wildman–Crippen MR) is 70.1 cm³/mol. The molecule has 0 aromatic carbocycles. The Morgan fingerprint density at radius 2 is 1.67 bits per heavy atom. The summed E-state index contributed by atoms with van der Waals surface area (Å²) in [5, 5.41) is 8.84. The number of rotatable bonds is 9. The summed E-state index contributed by atoms with van der Waals surface area (Å²) in [6.07, 6.45) is 7.55. The molecule has 0 fully saturated rings. The Morgan fingerprint density at radius 1 is 1.07 bits per heavy atom. The zero-order valence-electron chi connectivity index (χ0n) is 10.5. The van der Waals surface area contributed by atoms with Crippen LogP contribution in [0.2, 0.25) is 0 Å². The first-order valence-electron chi connectivity index (χ1n) is 6.11. The Balaban J connectivity index is 3.16. The van der Waals surface area contributed by atoms with E-state index in [1.807, 2.05) is 13.8 Å². The molecule has 0 aliphatic carbocycles. The average molecular weight is 227 g/mol. The summed E-state index contributed by atoms with van der Waals surface area (Å²) in [4.78, 5) is 0. The van der Waals surface area contributed by atoms with Crippen molar-refractivity contribution < 1.29 is 0 Å². The standard InChI is InChI=1S/C13H25NS/c1-4-5-7-10-15-11-8-6-9-13(2,3)12-14/h4-11H2,1-3H3. The van der Waals surface area contributed by atoms with Crippen molar-refractivity contribution in [3.63, 3.8) is 0 Å². The minimum absolute atomic E-state index is 0.118. The third kappa shape index (κ3) is 10.1. The van der Waals surface area contributed by atoms with Crippen molar-refractivity contribution >= 4 is 11.8 Å². The Labute approximate surface area is 99.6 Å². The molecule has 0 aromatic rings. The highest BCUT2D eigenvalue weighted by Crippen LogP contribution is 2.22. The maximum atomic E-state index is 8.84. The zero-order chi connectivity index (χ0) is 11.6. The van der Waals surface area contributed by atoms with Gasteiger partial charge in [0.15, 0.2) is 0 Å². The van der Waals surface area contributed by atoms with E-state index in [1.165, 1.54) is 43.6 Å². The van der Waals surface area contributed by atoms with Gasteiger partial charge in [0.05, 0.1) is 11.5 Å². The predicted octanol–water partition coefficient (Wildman–Crippen LogP) is 4.63. The molecule has 0 aliphatic heterocycles. The van der Waals surface area contributed by atoms with Crippen LogP contribution in [0.4, 0.5) is 0 Å². The largest absolute Gasteiger partial charge is 0.198 e. The van der Waals surface area contributed by atoms with Gasteiger partial charge in [0.2, 0.25) is 0 Å². The maximum absolute atomic E-state index is 8.84. The molecule has 0 saturated carbocycles. The highest BCUT2D eigenvalue weighted by atomic mass is 32.2.